The number of nitrogens with two attached hydrogens (primary N) is 1. The maximum atomic E-state index is 13.6. The van der Waals surface area contributed by atoms with Crippen molar-refractivity contribution in [2.45, 2.75) is 31.8 Å². The number of hydrogen-bond donors (Lipinski definition) is 1. The predicted molar refractivity (Wildman–Crippen MR) is 116 cm³/mol. The zero-order valence-corrected chi connectivity index (χ0v) is 17.5. The lowest BCUT2D eigenvalue weighted by Gasteiger charge is -2.21. The highest BCUT2D eigenvalue weighted by Crippen LogP contribution is 2.23. The Balaban J connectivity index is 0.00000182. The normalized spacial score (nSPS) is 19.0. The van der Waals surface area contributed by atoms with Gasteiger partial charge in [-0.3, -0.25) is 9.69 Å². The van der Waals surface area contributed by atoms with Gasteiger partial charge in [0, 0.05) is 24.5 Å². The van der Waals surface area contributed by atoms with Crippen molar-refractivity contribution in [1.82, 2.24) is 4.90 Å². The number of carbonyl (C=O) groups is 1. The van der Waals surface area contributed by atoms with Crippen LogP contribution in [0, 0.1) is 0 Å². The Labute approximate surface area is 177 Å². The Hall–Kier alpha value is -1.41. The van der Waals surface area contributed by atoms with Gasteiger partial charge in [-0.1, -0.05) is 35.9 Å². The van der Waals surface area contributed by atoms with E-state index in [1.54, 1.807) is 4.90 Å². The highest BCUT2D eigenvalue weighted by Gasteiger charge is 2.35. The van der Waals surface area contributed by atoms with E-state index in [0.29, 0.717) is 18.2 Å². The minimum atomic E-state index is -1.00. The number of benzene rings is 2. The summed E-state index contributed by atoms with van der Waals surface area (Å²) in [6.07, 6.45) is -0.825. The molecule has 1 fully saturated rings. The van der Waals surface area contributed by atoms with Gasteiger partial charge in [0.25, 0.3) is 0 Å². The molecule has 2 aromatic carbocycles. The maximum absolute atomic E-state index is 13.6. The molecule has 27 heavy (non-hydrogen) atoms. The zero-order valence-electron chi connectivity index (χ0n) is 14.7. The minimum Gasteiger partial charge on any atom is -0.489 e. The molecule has 0 aliphatic carbocycles. The summed E-state index contributed by atoms with van der Waals surface area (Å²) in [5.41, 5.74) is 7.33. The maximum Gasteiger partial charge on any atom is 0.234 e. The molecule has 0 saturated carbocycles. The number of primary amides is 1. The fourth-order valence-electron chi connectivity index (χ4n) is 3.04. The highest BCUT2D eigenvalue weighted by molar-refractivity contribution is 7.59. The molecular weight excluding hydrogens is 407 g/mol. The number of likely N-dealkylation sites (tertiary alicyclic amines) is 1. The Bertz CT molecular complexity index is 749. The molecule has 1 saturated heterocycles. The molecule has 1 aliphatic heterocycles. The second kappa shape index (κ2) is 10.8. The van der Waals surface area contributed by atoms with Crippen molar-refractivity contribution in [3.8, 4) is 5.75 Å². The molecule has 0 spiro atoms. The average molecular weight is 431 g/mol. The number of amides is 1. The van der Waals surface area contributed by atoms with Crippen LogP contribution in [0.2, 0.25) is 5.02 Å². The van der Waals surface area contributed by atoms with Gasteiger partial charge >= 0.3 is 0 Å². The van der Waals surface area contributed by atoms with Crippen LogP contribution in [0.15, 0.2) is 48.5 Å². The molecule has 1 aliphatic rings. The van der Waals surface area contributed by atoms with Gasteiger partial charge in [0.2, 0.25) is 5.91 Å². The first-order valence-corrected chi connectivity index (χ1v) is 8.52. The van der Waals surface area contributed by atoms with Crippen LogP contribution in [-0.2, 0) is 17.9 Å². The van der Waals surface area contributed by atoms with Crippen molar-refractivity contribution in [2.24, 2.45) is 5.73 Å². The number of rotatable bonds is 6. The van der Waals surface area contributed by atoms with Crippen molar-refractivity contribution in [1.29, 1.82) is 0 Å². The molecular formula is C19H24ClFN2O2S2. The van der Waals surface area contributed by atoms with Gasteiger partial charge in [-0.25, -0.2) is 4.39 Å². The lowest BCUT2D eigenvalue weighted by Crippen LogP contribution is -2.39. The molecule has 148 valence electrons. The van der Waals surface area contributed by atoms with Crippen molar-refractivity contribution in [3.05, 3.63) is 64.7 Å². The first kappa shape index (κ1) is 23.6. The van der Waals surface area contributed by atoms with Gasteiger partial charge in [0.15, 0.2) is 0 Å². The molecule has 0 radical (unpaired) electrons. The third-order valence-electron chi connectivity index (χ3n) is 4.28. The summed E-state index contributed by atoms with van der Waals surface area (Å²) in [5, 5.41) is 0.678. The molecule has 1 amide bonds. The van der Waals surface area contributed by atoms with Crippen LogP contribution in [0.25, 0.3) is 0 Å². The predicted octanol–water partition coefficient (Wildman–Crippen LogP) is 3.54. The minimum absolute atomic E-state index is 0. The molecule has 3 rings (SSSR count). The highest BCUT2D eigenvalue weighted by atomic mass is 35.5. The number of nitrogens with zero attached hydrogens (tertiary/aromatic N) is 1. The largest absolute Gasteiger partial charge is 0.489 e. The van der Waals surface area contributed by atoms with E-state index in [1.165, 1.54) is 0 Å². The monoisotopic (exact) mass is 430 g/mol. The quantitative estimate of drug-likeness (QED) is 0.762. The van der Waals surface area contributed by atoms with Crippen LogP contribution in [0.1, 0.15) is 17.5 Å². The number of carbonyl (C=O) groups excluding carboxylic acids is 1. The van der Waals surface area contributed by atoms with Crippen LogP contribution in [-0.4, -0.2) is 29.6 Å². The third kappa shape index (κ3) is 6.60. The Morgan fingerprint density at radius 1 is 1.19 bits per heavy atom. The van der Waals surface area contributed by atoms with Gasteiger partial charge in [0.05, 0.1) is 6.04 Å². The lowest BCUT2D eigenvalue weighted by atomic mass is 10.1. The molecule has 4 nitrogen and oxygen atoms in total. The second-order valence-electron chi connectivity index (χ2n) is 6.24. The van der Waals surface area contributed by atoms with E-state index in [4.69, 9.17) is 22.1 Å². The van der Waals surface area contributed by atoms with E-state index >= 15 is 0 Å². The molecule has 2 aromatic rings. The van der Waals surface area contributed by atoms with Crippen LogP contribution in [0.5, 0.6) is 5.75 Å². The molecule has 2 N–H and O–H groups in total. The number of alkyl halides is 1. The van der Waals surface area contributed by atoms with Gasteiger partial charge < -0.3 is 10.5 Å². The van der Waals surface area contributed by atoms with Crippen molar-refractivity contribution < 1.29 is 13.9 Å². The van der Waals surface area contributed by atoms with Crippen molar-refractivity contribution in [3.63, 3.8) is 0 Å². The van der Waals surface area contributed by atoms with Gasteiger partial charge in [0.1, 0.15) is 18.5 Å². The first-order chi connectivity index (χ1) is 12.0. The summed E-state index contributed by atoms with van der Waals surface area (Å²) in [5.74, 6) is 0.265. The third-order valence-corrected chi connectivity index (χ3v) is 4.52. The van der Waals surface area contributed by atoms with Crippen molar-refractivity contribution >= 4 is 44.5 Å². The summed E-state index contributed by atoms with van der Waals surface area (Å²) in [6, 6.07) is 14.5. The number of hydrogen-bond acceptors (Lipinski definition) is 3. The summed E-state index contributed by atoms with van der Waals surface area (Å²) >= 11 is 5.95. The van der Waals surface area contributed by atoms with Gasteiger partial charge in [-0.2, -0.15) is 27.0 Å². The summed E-state index contributed by atoms with van der Waals surface area (Å²) < 4.78 is 19.3. The van der Waals surface area contributed by atoms with E-state index < -0.39 is 18.1 Å². The van der Waals surface area contributed by atoms with E-state index in [-0.39, 0.29) is 40.0 Å². The van der Waals surface area contributed by atoms with Crippen LogP contribution in [0.3, 0.4) is 0 Å². The zero-order chi connectivity index (χ0) is 17.8. The second-order valence-corrected chi connectivity index (χ2v) is 6.68. The van der Waals surface area contributed by atoms with E-state index in [0.717, 1.165) is 16.9 Å². The standard InChI is InChI=1S/C19H20ClFN2O2.2H2S/c20-15-3-1-2-14(8-15)12-25-17-6-4-13(5-7-17)10-23-11-16(21)9-18(23)19(22)24;;/h1-8,16,18H,9-12H2,(H2,22,24);2*1H2/t16-,18-;;/m0../s1. The number of ether oxygens (including phenoxy) is 1. The smallest absolute Gasteiger partial charge is 0.234 e. The molecule has 8 heteroatoms. The average Bonchev–Trinajstić information content (AvgIpc) is 2.95. The molecule has 0 bridgehead atoms. The van der Waals surface area contributed by atoms with Crippen LogP contribution >= 0.6 is 38.6 Å². The summed E-state index contributed by atoms with van der Waals surface area (Å²) in [4.78, 5) is 13.2. The molecule has 1 heterocycles. The first-order valence-electron chi connectivity index (χ1n) is 8.15. The van der Waals surface area contributed by atoms with Crippen LogP contribution in [0.4, 0.5) is 4.39 Å². The molecule has 2 atom stereocenters. The Morgan fingerprint density at radius 2 is 1.89 bits per heavy atom. The SMILES string of the molecule is NC(=O)[C@@H]1C[C@H](F)CN1Cc1ccc(OCc2cccc(Cl)c2)cc1.S.S. The number of halogens is 2. The fraction of sp³-hybridized carbons (Fsp3) is 0.316. The molecule has 0 aromatic heterocycles. The Kier molecular flexibility index (Phi) is 9.45. The van der Waals surface area contributed by atoms with Gasteiger partial charge in [-0.15, -0.1) is 0 Å². The van der Waals surface area contributed by atoms with Crippen molar-refractivity contribution in [2.75, 3.05) is 6.54 Å². The Morgan fingerprint density at radius 3 is 2.52 bits per heavy atom. The summed E-state index contributed by atoms with van der Waals surface area (Å²) in [6.45, 7) is 1.16. The molecule has 0 unspecified atom stereocenters. The van der Waals surface area contributed by atoms with E-state index in [1.807, 2.05) is 48.5 Å². The van der Waals surface area contributed by atoms with E-state index in [9.17, 15) is 9.18 Å². The summed E-state index contributed by atoms with van der Waals surface area (Å²) in [7, 11) is 0. The van der Waals surface area contributed by atoms with E-state index in [2.05, 4.69) is 0 Å². The lowest BCUT2D eigenvalue weighted by molar-refractivity contribution is -0.122. The van der Waals surface area contributed by atoms with Crippen LogP contribution < -0.4 is 10.5 Å². The van der Waals surface area contributed by atoms with Gasteiger partial charge in [-0.05, 0) is 35.4 Å². The fourth-order valence-corrected chi connectivity index (χ4v) is 3.25. The topological polar surface area (TPSA) is 55.6 Å².